The van der Waals surface area contributed by atoms with E-state index in [0.717, 1.165) is 18.4 Å². The maximum Gasteiger partial charge on any atom is 0.254 e. The molecule has 0 aromatic heterocycles. The van der Waals surface area contributed by atoms with E-state index in [1.165, 1.54) is 9.87 Å². The molecule has 2 aromatic rings. The molecule has 0 bridgehead atoms. The summed E-state index contributed by atoms with van der Waals surface area (Å²) >= 11 is 0. The molecule has 1 heterocycles. The second kappa shape index (κ2) is 9.10. The molecule has 2 aliphatic rings. The minimum absolute atomic E-state index is 0.0502. The number of sulfonamides is 1. The molecule has 1 saturated carbocycles. The van der Waals surface area contributed by atoms with Gasteiger partial charge in [-0.25, -0.2) is 8.42 Å². The van der Waals surface area contributed by atoms with Gasteiger partial charge in [0.1, 0.15) is 0 Å². The Bertz CT molecular complexity index is 1010. The molecule has 0 atom stereocenters. The number of carbonyl (C=O) groups is 1. The van der Waals surface area contributed by atoms with Gasteiger partial charge in [-0.2, -0.15) is 4.31 Å². The first kappa shape index (κ1) is 22.0. The summed E-state index contributed by atoms with van der Waals surface area (Å²) in [6, 6.07) is 15.0. The Hall–Kier alpha value is -2.22. The lowest BCUT2D eigenvalue weighted by Crippen LogP contribution is -2.40. The van der Waals surface area contributed by atoms with Gasteiger partial charge in [0.2, 0.25) is 10.0 Å². The van der Waals surface area contributed by atoms with Gasteiger partial charge in [0.15, 0.2) is 0 Å². The molecule has 31 heavy (non-hydrogen) atoms. The van der Waals surface area contributed by atoms with Crippen molar-refractivity contribution in [2.45, 2.75) is 50.1 Å². The monoisotopic (exact) mass is 442 g/mol. The van der Waals surface area contributed by atoms with E-state index in [-0.39, 0.29) is 16.8 Å². The lowest BCUT2D eigenvalue weighted by atomic mass is 10.0. The Morgan fingerprint density at radius 2 is 1.65 bits per heavy atom. The molecule has 4 rings (SSSR count). The fourth-order valence-electron chi connectivity index (χ4n) is 3.83. The lowest BCUT2D eigenvalue weighted by molar-refractivity contribution is 0.0729. The van der Waals surface area contributed by atoms with Crippen molar-refractivity contribution in [3.63, 3.8) is 0 Å². The molecular weight excluding hydrogens is 412 g/mol. The van der Waals surface area contributed by atoms with Gasteiger partial charge in [0, 0.05) is 31.2 Å². The van der Waals surface area contributed by atoms with Gasteiger partial charge in [0.05, 0.1) is 18.1 Å². The van der Waals surface area contributed by atoms with E-state index in [0.29, 0.717) is 44.3 Å². The SMILES string of the molecule is CC(C)c1ccc(CN(C(=O)c2ccc(S(=O)(=O)N3CCOCC3)cc2)C2CC2)cc1. The molecule has 1 amide bonds. The van der Waals surface area contributed by atoms with E-state index in [9.17, 15) is 13.2 Å². The highest BCUT2D eigenvalue weighted by Gasteiger charge is 2.33. The number of morpholine rings is 1. The van der Waals surface area contributed by atoms with Crippen molar-refractivity contribution in [1.82, 2.24) is 9.21 Å². The average molecular weight is 443 g/mol. The predicted molar refractivity (Wildman–Crippen MR) is 119 cm³/mol. The molecule has 1 saturated heterocycles. The first-order valence-electron chi connectivity index (χ1n) is 10.9. The highest BCUT2D eigenvalue weighted by molar-refractivity contribution is 7.89. The van der Waals surface area contributed by atoms with Gasteiger partial charge in [-0.05, 0) is 54.2 Å². The Morgan fingerprint density at radius 3 is 2.19 bits per heavy atom. The zero-order valence-electron chi connectivity index (χ0n) is 18.2. The van der Waals surface area contributed by atoms with Gasteiger partial charge in [-0.15, -0.1) is 0 Å². The Kier molecular flexibility index (Phi) is 6.46. The number of hydrogen-bond donors (Lipinski definition) is 0. The van der Waals surface area contributed by atoms with Gasteiger partial charge < -0.3 is 9.64 Å². The molecule has 7 heteroatoms. The number of nitrogens with zero attached hydrogens (tertiary/aromatic N) is 2. The average Bonchev–Trinajstić information content (AvgIpc) is 3.63. The molecule has 1 aliphatic carbocycles. The number of carbonyl (C=O) groups excluding carboxylic acids is 1. The number of hydrogen-bond acceptors (Lipinski definition) is 4. The highest BCUT2D eigenvalue weighted by Crippen LogP contribution is 2.30. The Balaban J connectivity index is 1.49. The zero-order chi connectivity index (χ0) is 22.0. The largest absolute Gasteiger partial charge is 0.379 e. The van der Waals surface area contributed by atoms with Gasteiger partial charge >= 0.3 is 0 Å². The third kappa shape index (κ3) is 5.00. The summed E-state index contributed by atoms with van der Waals surface area (Å²) in [5.41, 5.74) is 2.91. The fourth-order valence-corrected chi connectivity index (χ4v) is 5.24. The van der Waals surface area contributed by atoms with Crippen LogP contribution in [0.3, 0.4) is 0 Å². The Morgan fingerprint density at radius 1 is 1.03 bits per heavy atom. The zero-order valence-corrected chi connectivity index (χ0v) is 19.0. The molecule has 166 valence electrons. The molecule has 0 unspecified atom stereocenters. The summed E-state index contributed by atoms with van der Waals surface area (Å²) in [4.78, 5) is 15.3. The molecule has 0 N–H and O–H groups in total. The van der Waals surface area contributed by atoms with Crippen LogP contribution >= 0.6 is 0 Å². The van der Waals surface area contributed by atoms with E-state index >= 15 is 0 Å². The number of amides is 1. The smallest absolute Gasteiger partial charge is 0.254 e. The third-order valence-corrected chi connectivity index (χ3v) is 7.87. The van der Waals surface area contributed by atoms with E-state index in [4.69, 9.17) is 4.74 Å². The minimum atomic E-state index is -3.56. The lowest BCUT2D eigenvalue weighted by Gasteiger charge is -2.26. The number of ether oxygens (including phenoxy) is 1. The van der Waals surface area contributed by atoms with Crippen LogP contribution in [-0.4, -0.2) is 55.9 Å². The van der Waals surface area contributed by atoms with Gasteiger partial charge in [-0.3, -0.25) is 4.79 Å². The van der Waals surface area contributed by atoms with Crippen molar-refractivity contribution in [1.29, 1.82) is 0 Å². The summed E-state index contributed by atoms with van der Waals surface area (Å²) in [7, 11) is -3.56. The van der Waals surface area contributed by atoms with Crippen LogP contribution in [0.4, 0.5) is 0 Å². The van der Waals surface area contributed by atoms with Crippen LogP contribution in [0.5, 0.6) is 0 Å². The first-order chi connectivity index (χ1) is 14.9. The summed E-state index contributed by atoms with van der Waals surface area (Å²) in [6.07, 6.45) is 2.03. The Labute approximate surface area is 184 Å². The maximum absolute atomic E-state index is 13.2. The summed E-state index contributed by atoms with van der Waals surface area (Å²) in [5, 5.41) is 0. The number of rotatable bonds is 7. The van der Waals surface area contributed by atoms with Crippen LogP contribution in [-0.2, 0) is 21.3 Å². The van der Waals surface area contributed by atoms with Crippen LogP contribution in [0.15, 0.2) is 53.4 Å². The summed E-state index contributed by atoms with van der Waals surface area (Å²) in [5.74, 6) is 0.424. The topological polar surface area (TPSA) is 66.9 Å². The van der Waals surface area contributed by atoms with Gasteiger partial charge in [0.25, 0.3) is 5.91 Å². The van der Waals surface area contributed by atoms with E-state index < -0.39 is 10.0 Å². The van der Waals surface area contributed by atoms with Crippen LogP contribution in [0.25, 0.3) is 0 Å². The van der Waals surface area contributed by atoms with Crippen molar-refractivity contribution in [3.05, 3.63) is 65.2 Å². The minimum Gasteiger partial charge on any atom is -0.379 e. The second-order valence-electron chi connectivity index (χ2n) is 8.60. The second-order valence-corrected chi connectivity index (χ2v) is 10.5. The van der Waals surface area contributed by atoms with Crippen LogP contribution in [0.2, 0.25) is 0 Å². The molecule has 0 radical (unpaired) electrons. The van der Waals surface area contributed by atoms with E-state index in [2.05, 4.69) is 38.1 Å². The van der Waals surface area contributed by atoms with Crippen LogP contribution in [0.1, 0.15) is 54.1 Å². The molecule has 6 nitrogen and oxygen atoms in total. The van der Waals surface area contributed by atoms with Crippen LogP contribution < -0.4 is 0 Å². The highest BCUT2D eigenvalue weighted by atomic mass is 32.2. The van der Waals surface area contributed by atoms with Gasteiger partial charge in [-0.1, -0.05) is 38.1 Å². The molecule has 1 aliphatic heterocycles. The summed E-state index contributed by atoms with van der Waals surface area (Å²) in [6.45, 7) is 6.42. The van der Waals surface area contributed by atoms with Crippen molar-refractivity contribution in [3.8, 4) is 0 Å². The summed E-state index contributed by atoms with van der Waals surface area (Å²) < 4.78 is 32.3. The molecule has 2 fully saturated rings. The molecule has 2 aromatic carbocycles. The van der Waals surface area contributed by atoms with Crippen molar-refractivity contribution >= 4 is 15.9 Å². The van der Waals surface area contributed by atoms with Crippen molar-refractivity contribution < 1.29 is 17.9 Å². The standard InChI is InChI=1S/C24H30N2O4S/c1-18(2)20-5-3-19(4-6-20)17-26(22-9-10-22)24(27)21-7-11-23(12-8-21)31(28,29)25-13-15-30-16-14-25/h3-8,11-12,18,22H,9-10,13-17H2,1-2H3. The molecule has 0 spiro atoms. The normalized spacial score (nSPS) is 17.6. The maximum atomic E-state index is 13.2. The third-order valence-electron chi connectivity index (χ3n) is 5.96. The quantitative estimate of drug-likeness (QED) is 0.657. The van der Waals surface area contributed by atoms with E-state index in [1.54, 1.807) is 24.3 Å². The first-order valence-corrected chi connectivity index (χ1v) is 12.4. The van der Waals surface area contributed by atoms with Crippen LogP contribution in [0, 0.1) is 0 Å². The predicted octanol–water partition coefficient (Wildman–Crippen LogP) is 3.64. The fraction of sp³-hybridized carbons (Fsp3) is 0.458. The number of benzene rings is 2. The van der Waals surface area contributed by atoms with Crippen molar-refractivity contribution in [2.75, 3.05) is 26.3 Å². The van der Waals surface area contributed by atoms with Crippen molar-refractivity contribution in [2.24, 2.45) is 0 Å². The van der Waals surface area contributed by atoms with E-state index in [1.807, 2.05) is 4.90 Å². The molecular formula is C24H30N2O4S.